The molecule has 37 heavy (non-hydrogen) atoms. The molecule has 0 fully saturated rings. The van der Waals surface area contributed by atoms with Crippen LogP contribution in [-0.4, -0.2) is 35.4 Å². The van der Waals surface area contributed by atoms with Gasteiger partial charge < -0.3 is 15.0 Å². The van der Waals surface area contributed by atoms with Gasteiger partial charge in [-0.1, -0.05) is 78.7 Å². The van der Waals surface area contributed by atoms with Crippen LogP contribution in [0.5, 0.6) is 5.75 Å². The van der Waals surface area contributed by atoms with Crippen LogP contribution in [0.3, 0.4) is 0 Å². The van der Waals surface area contributed by atoms with Gasteiger partial charge in [0.15, 0.2) is 6.61 Å². The zero-order chi connectivity index (χ0) is 26.9. The van der Waals surface area contributed by atoms with E-state index >= 15 is 0 Å². The molecule has 0 bridgehead atoms. The number of halogens is 2. The third-order valence-corrected chi connectivity index (χ3v) is 6.91. The second-order valence-corrected chi connectivity index (χ2v) is 10.2. The molecule has 3 aromatic rings. The van der Waals surface area contributed by atoms with Crippen LogP contribution in [0, 0.1) is 13.8 Å². The summed E-state index contributed by atoms with van der Waals surface area (Å²) in [6.07, 6.45) is 1.13. The van der Waals surface area contributed by atoms with Crippen molar-refractivity contribution < 1.29 is 14.3 Å². The van der Waals surface area contributed by atoms with Gasteiger partial charge in [0.05, 0.1) is 0 Å². The molecule has 0 radical (unpaired) electrons. The van der Waals surface area contributed by atoms with Gasteiger partial charge in [-0.05, 0) is 67.6 Å². The summed E-state index contributed by atoms with van der Waals surface area (Å²) in [7, 11) is 0. The van der Waals surface area contributed by atoms with E-state index in [1.54, 1.807) is 23.1 Å². The number of ether oxygens (including phenoxy) is 1. The van der Waals surface area contributed by atoms with Crippen LogP contribution in [-0.2, 0) is 22.6 Å². The smallest absolute Gasteiger partial charge is 0.261 e. The molecule has 0 aromatic heterocycles. The molecule has 5 nitrogen and oxygen atoms in total. The molecule has 0 aliphatic heterocycles. The second kappa shape index (κ2) is 13.5. The van der Waals surface area contributed by atoms with Crippen LogP contribution in [0.25, 0.3) is 0 Å². The number of amides is 2. The highest BCUT2D eigenvalue weighted by Crippen LogP contribution is 2.25. The minimum absolute atomic E-state index is 0.0342. The Labute approximate surface area is 229 Å². The molecule has 0 spiro atoms. The van der Waals surface area contributed by atoms with Gasteiger partial charge in [0.1, 0.15) is 11.8 Å². The first-order valence-corrected chi connectivity index (χ1v) is 13.2. The lowest BCUT2D eigenvalue weighted by atomic mass is 10.0. The average Bonchev–Trinajstić information content (AvgIpc) is 2.88. The van der Waals surface area contributed by atoms with Crippen LogP contribution in [0.4, 0.5) is 0 Å². The molecule has 0 saturated carbocycles. The van der Waals surface area contributed by atoms with Crippen molar-refractivity contribution in [2.75, 3.05) is 6.61 Å². The van der Waals surface area contributed by atoms with Crippen molar-refractivity contribution >= 4 is 35.0 Å². The number of hydrogen-bond acceptors (Lipinski definition) is 3. The fourth-order valence-electron chi connectivity index (χ4n) is 3.91. The maximum atomic E-state index is 13.7. The Bertz CT molecular complexity index is 1220. The number of nitrogens with zero attached hydrogens (tertiary/aromatic N) is 1. The number of nitrogens with one attached hydrogen (secondary N) is 1. The molecule has 0 heterocycles. The predicted molar refractivity (Wildman–Crippen MR) is 150 cm³/mol. The Balaban J connectivity index is 1.96. The highest BCUT2D eigenvalue weighted by Gasteiger charge is 2.31. The largest absolute Gasteiger partial charge is 0.483 e. The topological polar surface area (TPSA) is 58.6 Å². The lowest BCUT2D eigenvalue weighted by Gasteiger charge is -2.32. The summed E-state index contributed by atoms with van der Waals surface area (Å²) < 4.78 is 5.95. The summed E-state index contributed by atoms with van der Waals surface area (Å²) in [5.74, 6) is 0.108. The maximum Gasteiger partial charge on any atom is 0.261 e. The van der Waals surface area contributed by atoms with Crippen molar-refractivity contribution in [3.05, 3.63) is 99.0 Å². The van der Waals surface area contributed by atoms with Crippen LogP contribution in [0.2, 0.25) is 10.0 Å². The first kappa shape index (κ1) is 28.5. The van der Waals surface area contributed by atoms with Crippen molar-refractivity contribution in [3.8, 4) is 5.75 Å². The highest BCUT2D eigenvalue weighted by molar-refractivity contribution is 6.35. The van der Waals surface area contributed by atoms with Crippen LogP contribution in [0.1, 0.15) is 42.5 Å². The normalized spacial score (nSPS) is 12.5. The molecule has 0 saturated heterocycles. The van der Waals surface area contributed by atoms with E-state index in [1.165, 1.54) is 0 Å². The molecule has 3 rings (SSSR count). The lowest BCUT2D eigenvalue weighted by molar-refractivity contribution is -0.143. The molecule has 3 aromatic carbocycles. The van der Waals surface area contributed by atoms with E-state index in [0.29, 0.717) is 27.8 Å². The van der Waals surface area contributed by atoms with Crippen LogP contribution in [0.15, 0.2) is 66.7 Å². The van der Waals surface area contributed by atoms with Crippen LogP contribution >= 0.6 is 23.2 Å². The fourth-order valence-corrected chi connectivity index (χ4v) is 4.38. The predicted octanol–water partition coefficient (Wildman–Crippen LogP) is 6.54. The van der Waals surface area contributed by atoms with Gasteiger partial charge in [0, 0.05) is 29.1 Å². The van der Waals surface area contributed by atoms with Crippen molar-refractivity contribution in [2.24, 2.45) is 0 Å². The Morgan fingerprint density at radius 3 is 2.41 bits per heavy atom. The zero-order valence-corrected chi connectivity index (χ0v) is 23.3. The summed E-state index contributed by atoms with van der Waals surface area (Å²) in [6.45, 7) is 7.78. The SMILES string of the molecule is CC[C@H](C)NC(=O)[C@@H](Cc1ccccc1)N(Cc1ccc(Cl)cc1Cl)C(=O)COc1cc(C)ccc1C. The number of aryl methyl sites for hydroxylation is 2. The molecule has 2 amide bonds. The minimum Gasteiger partial charge on any atom is -0.483 e. The molecule has 196 valence electrons. The number of hydrogen-bond donors (Lipinski definition) is 1. The van der Waals surface area contributed by atoms with Gasteiger partial charge in [0.2, 0.25) is 5.91 Å². The Hall–Kier alpha value is -3.02. The van der Waals surface area contributed by atoms with E-state index in [-0.39, 0.29) is 31.0 Å². The first-order chi connectivity index (χ1) is 17.7. The van der Waals surface area contributed by atoms with Gasteiger partial charge in [-0.3, -0.25) is 9.59 Å². The Morgan fingerprint density at radius 1 is 1.00 bits per heavy atom. The summed E-state index contributed by atoms with van der Waals surface area (Å²) >= 11 is 12.6. The molecule has 7 heteroatoms. The van der Waals surface area contributed by atoms with E-state index in [2.05, 4.69) is 5.32 Å². The van der Waals surface area contributed by atoms with Crippen molar-refractivity contribution in [3.63, 3.8) is 0 Å². The summed E-state index contributed by atoms with van der Waals surface area (Å²) in [4.78, 5) is 28.9. The van der Waals surface area contributed by atoms with Gasteiger partial charge in [-0.2, -0.15) is 0 Å². The third kappa shape index (κ3) is 8.24. The van der Waals surface area contributed by atoms with E-state index in [9.17, 15) is 9.59 Å². The van der Waals surface area contributed by atoms with E-state index in [1.807, 2.05) is 76.2 Å². The number of rotatable bonds is 11. The summed E-state index contributed by atoms with van der Waals surface area (Å²) in [5.41, 5.74) is 3.61. The molecule has 2 atom stereocenters. The molecule has 1 N–H and O–H groups in total. The molecule has 0 aliphatic carbocycles. The van der Waals surface area contributed by atoms with Crippen molar-refractivity contribution in [2.45, 2.75) is 59.2 Å². The molecule has 0 unspecified atom stereocenters. The van der Waals surface area contributed by atoms with Gasteiger partial charge in [0.25, 0.3) is 5.91 Å². The number of carbonyl (C=O) groups excluding carboxylic acids is 2. The Kier molecular flexibility index (Phi) is 10.4. The van der Waals surface area contributed by atoms with Crippen molar-refractivity contribution in [1.82, 2.24) is 10.2 Å². The molecule has 0 aliphatic rings. The third-order valence-electron chi connectivity index (χ3n) is 6.32. The first-order valence-electron chi connectivity index (χ1n) is 12.5. The highest BCUT2D eigenvalue weighted by atomic mass is 35.5. The fraction of sp³-hybridized carbons (Fsp3) is 0.333. The average molecular weight is 542 g/mol. The van der Waals surface area contributed by atoms with Gasteiger partial charge in [-0.15, -0.1) is 0 Å². The lowest BCUT2D eigenvalue weighted by Crippen LogP contribution is -2.53. The second-order valence-electron chi connectivity index (χ2n) is 9.34. The van der Waals surface area contributed by atoms with Crippen molar-refractivity contribution in [1.29, 1.82) is 0 Å². The number of carbonyl (C=O) groups is 2. The standard InChI is InChI=1S/C30H34Cl2N2O3/c1-5-22(4)33-30(36)27(16-23-9-7-6-8-10-23)34(18-24-13-14-25(31)17-26(24)32)29(35)19-37-28-15-20(2)11-12-21(28)3/h6-15,17,22,27H,5,16,18-19H2,1-4H3,(H,33,36)/t22-,27+/m0/s1. The minimum atomic E-state index is -0.766. The Morgan fingerprint density at radius 2 is 1.73 bits per heavy atom. The zero-order valence-electron chi connectivity index (χ0n) is 21.8. The molecular weight excluding hydrogens is 507 g/mol. The van der Waals surface area contributed by atoms with Crippen LogP contribution < -0.4 is 10.1 Å². The van der Waals surface area contributed by atoms with E-state index < -0.39 is 6.04 Å². The van der Waals surface area contributed by atoms with Gasteiger partial charge >= 0.3 is 0 Å². The maximum absolute atomic E-state index is 13.7. The quantitative estimate of drug-likeness (QED) is 0.300. The summed E-state index contributed by atoms with van der Waals surface area (Å²) in [5, 5.41) is 3.99. The monoisotopic (exact) mass is 540 g/mol. The van der Waals surface area contributed by atoms with E-state index in [0.717, 1.165) is 23.1 Å². The molecular formula is C30H34Cl2N2O3. The van der Waals surface area contributed by atoms with E-state index in [4.69, 9.17) is 27.9 Å². The summed E-state index contributed by atoms with van der Waals surface area (Å²) in [6, 6.07) is 19.9. The number of benzene rings is 3. The van der Waals surface area contributed by atoms with Gasteiger partial charge in [-0.25, -0.2) is 0 Å².